The number of carbonyl (C=O) groups excluding carboxylic acids is 1. The number of nitrogens with two attached hydrogens (primary N) is 1. The highest BCUT2D eigenvalue weighted by molar-refractivity contribution is 7.18. The van der Waals surface area contributed by atoms with Crippen LogP contribution in [0.4, 0.5) is 10.9 Å². The normalized spacial score (nSPS) is 10.6. The molecule has 0 saturated heterocycles. The third-order valence-electron chi connectivity index (χ3n) is 3.40. The second-order valence-corrected chi connectivity index (χ2v) is 6.22. The first-order chi connectivity index (χ1) is 11.5. The highest BCUT2D eigenvalue weighted by Gasteiger charge is 2.18. The molecule has 24 heavy (non-hydrogen) atoms. The minimum atomic E-state index is -0.315. The standard InChI is InChI=1S/C16H16N6OS/c1-9-8-11(22(2)21-9)15(23)20-16-19-14(18)13(24-16)12(17)10-6-4-3-5-7-10/h3-8,17H,18H2,1-2H3,(H,19,20,23). The maximum absolute atomic E-state index is 12.3. The lowest BCUT2D eigenvalue weighted by Crippen LogP contribution is -2.15. The lowest BCUT2D eigenvalue weighted by Gasteiger charge is -2.01. The highest BCUT2D eigenvalue weighted by atomic mass is 32.1. The van der Waals surface area contributed by atoms with Crippen LogP contribution >= 0.6 is 11.3 Å². The van der Waals surface area contributed by atoms with Crippen LogP contribution in [0.2, 0.25) is 0 Å². The van der Waals surface area contributed by atoms with Crippen LogP contribution in [0, 0.1) is 12.3 Å². The number of anilines is 2. The number of nitrogens with one attached hydrogen (secondary N) is 2. The molecular formula is C16H16N6OS. The van der Waals surface area contributed by atoms with Crippen molar-refractivity contribution in [2.24, 2.45) is 7.05 Å². The first-order valence-electron chi connectivity index (χ1n) is 7.18. The van der Waals surface area contributed by atoms with E-state index < -0.39 is 0 Å². The summed E-state index contributed by atoms with van der Waals surface area (Å²) >= 11 is 1.18. The van der Waals surface area contributed by atoms with Crippen LogP contribution in [-0.4, -0.2) is 26.4 Å². The van der Waals surface area contributed by atoms with Crippen molar-refractivity contribution in [1.82, 2.24) is 14.8 Å². The fraction of sp³-hybridized carbons (Fsp3) is 0.125. The predicted octanol–water partition coefficient (Wildman–Crippen LogP) is 2.44. The van der Waals surface area contributed by atoms with Crippen molar-refractivity contribution in [1.29, 1.82) is 5.41 Å². The zero-order valence-electron chi connectivity index (χ0n) is 13.2. The Balaban J connectivity index is 1.83. The Morgan fingerprint density at radius 3 is 2.67 bits per heavy atom. The summed E-state index contributed by atoms with van der Waals surface area (Å²) in [6, 6.07) is 11.0. The van der Waals surface area contributed by atoms with E-state index in [2.05, 4.69) is 15.4 Å². The fourth-order valence-electron chi connectivity index (χ4n) is 2.28. The van der Waals surface area contributed by atoms with Gasteiger partial charge in [-0.25, -0.2) is 4.98 Å². The average Bonchev–Trinajstić information content (AvgIpc) is 3.09. The molecule has 2 aromatic heterocycles. The van der Waals surface area contributed by atoms with Crippen LogP contribution in [0.5, 0.6) is 0 Å². The number of hydrogen-bond donors (Lipinski definition) is 3. The molecule has 4 N–H and O–H groups in total. The molecule has 8 heteroatoms. The second kappa shape index (κ2) is 6.25. The molecule has 0 unspecified atom stereocenters. The van der Waals surface area contributed by atoms with Crippen molar-refractivity contribution in [3.63, 3.8) is 0 Å². The van der Waals surface area contributed by atoms with E-state index in [4.69, 9.17) is 11.1 Å². The number of benzene rings is 1. The van der Waals surface area contributed by atoms with Gasteiger partial charge in [-0.05, 0) is 13.0 Å². The second-order valence-electron chi connectivity index (χ2n) is 5.22. The molecule has 0 aliphatic heterocycles. The molecule has 1 amide bonds. The molecule has 0 bridgehead atoms. The first-order valence-corrected chi connectivity index (χ1v) is 8.00. The van der Waals surface area contributed by atoms with Gasteiger partial charge < -0.3 is 5.73 Å². The number of carbonyl (C=O) groups is 1. The van der Waals surface area contributed by atoms with Crippen LogP contribution < -0.4 is 11.1 Å². The van der Waals surface area contributed by atoms with Crippen molar-refractivity contribution < 1.29 is 4.79 Å². The van der Waals surface area contributed by atoms with E-state index in [1.165, 1.54) is 16.0 Å². The Labute approximate surface area is 142 Å². The molecule has 3 rings (SSSR count). The van der Waals surface area contributed by atoms with E-state index in [-0.39, 0.29) is 17.4 Å². The minimum Gasteiger partial charge on any atom is -0.382 e. The maximum atomic E-state index is 12.3. The van der Waals surface area contributed by atoms with Gasteiger partial charge in [-0.15, -0.1) is 0 Å². The lowest BCUT2D eigenvalue weighted by molar-refractivity contribution is 0.101. The van der Waals surface area contributed by atoms with Crippen LogP contribution in [-0.2, 0) is 7.05 Å². The van der Waals surface area contributed by atoms with Gasteiger partial charge in [0, 0.05) is 12.6 Å². The third-order valence-corrected chi connectivity index (χ3v) is 4.40. The van der Waals surface area contributed by atoms with E-state index >= 15 is 0 Å². The average molecular weight is 340 g/mol. The monoisotopic (exact) mass is 340 g/mol. The Morgan fingerprint density at radius 2 is 2.04 bits per heavy atom. The minimum absolute atomic E-state index is 0.227. The van der Waals surface area contributed by atoms with Crippen molar-refractivity contribution in [3.8, 4) is 0 Å². The molecule has 0 aliphatic carbocycles. The number of hydrogen-bond acceptors (Lipinski definition) is 6. The van der Waals surface area contributed by atoms with Crippen molar-refractivity contribution >= 4 is 33.9 Å². The van der Waals surface area contributed by atoms with Crippen molar-refractivity contribution in [2.45, 2.75) is 6.92 Å². The number of aromatic nitrogens is 3. The summed E-state index contributed by atoms with van der Waals surface area (Å²) in [5.41, 5.74) is 8.13. The predicted molar refractivity (Wildman–Crippen MR) is 94.8 cm³/mol. The molecule has 0 saturated carbocycles. The molecule has 0 spiro atoms. The molecular weight excluding hydrogens is 324 g/mol. The summed E-state index contributed by atoms with van der Waals surface area (Å²) in [6.45, 7) is 1.82. The van der Waals surface area contributed by atoms with Gasteiger partial charge in [0.2, 0.25) is 0 Å². The molecule has 0 fully saturated rings. The van der Waals surface area contributed by atoms with E-state index in [1.54, 1.807) is 13.1 Å². The molecule has 122 valence electrons. The Bertz CT molecular complexity index is 912. The summed E-state index contributed by atoms with van der Waals surface area (Å²) in [5, 5.41) is 15.5. The van der Waals surface area contributed by atoms with Gasteiger partial charge in [0.25, 0.3) is 5.91 Å². The Morgan fingerprint density at radius 1 is 1.33 bits per heavy atom. The van der Waals surface area contributed by atoms with Gasteiger partial charge >= 0.3 is 0 Å². The third kappa shape index (κ3) is 3.04. The summed E-state index contributed by atoms with van der Waals surface area (Å²) in [6.07, 6.45) is 0. The van der Waals surface area contributed by atoms with Gasteiger partial charge in [-0.1, -0.05) is 41.7 Å². The van der Waals surface area contributed by atoms with Crippen LogP contribution in [0.1, 0.15) is 26.6 Å². The molecule has 0 aliphatic rings. The summed E-state index contributed by atoms with van der Waals surface area (Å²) < 4.78 is 1.51. The molecule has 2 heterocycles. The quantitative estimate of drug-likeness (QED) is 0.634. The van der Waals surface area contributed by atoms with E-state index in [0.717, 1.165) is 11.3 Å². The zero-order chi connectivity index (χ0) is 17.3. The largest absolute Gasteiger partial charge is 0.382 e. The van der Waals surface area contributed by atoms with Crippen molar-refractivity contribution in [2.75, 3.05) is 11.1 Å². The first kappa shape index (κ1) is 15.9. The van der Waals surface area contributed by atoms with Gasteiger partial charge in [-0.3, -0.25) is 20.2 Å². The van der Waals surface area contributed by atoms with Gasteiger partial charge in [-0.2, -0.15) is 5.10 Å². The number of nitrogens with zero attached hydrogens (tertiary/aromatic N) is 3. The smallest absolute Gasteiger partial charge is 0.275 e. The van der Waals surface area contributed by atoms with Crippen LogP contribution in [0.25, 0.3) is 0 Å². The summed E-state index contributed by atoms with van der Waals surface area (Å²) in [4.78, 5) is 17.0. The van der Waals surface area contributed by atoms with E-state index in [9.17, 15) is 4.79 Å². The van der Waals surface area contributed by atoms with Gasteiger partial charge in [0.1, 0.15) is 11.5 Å². The number of rotatable bonds is 4. The number of nitrogen functional groups attached to an aromatic ring is 1. The maximum Gasteiger partial charge on any atom is 0.275 e. The number of amides is 1. The van der Waals surface area contributed by atoms with Gasteiger partial charge in [0.15, 0.2) is 5.13 Å². The number of aryl methyl sites for hydroxylation is 2. The molecule has 1 aromatic carbocycles. The zero-order valence-corrected chi connectivity index (χ0v) is 14.0. The highest BCUT2D eigenvalue weighted by Crippen LogP contribution is 2.27. The molecule has 7 nitrogen and oxygen atoms in total. The summed E-state index contributed by atoms with van der Waals surface area (Å²) in [5.74, 6) is -0.0880. The summed E-state index contributed by atoms with van der Waals surface area (Å²) in [7, 11) is 1.70. The van der Waals surface area contributed by atoms with E-state index in [0.29, 0.717) is 15.7 Å². The van der Waals surface area contributed by atoms with Gasteiger partial charge in [0.05, 0.1) is 16.3 Å². The Hall–Kier alpha value is -3.00. The van der Waals surface area contributed by atoms with Crippen molar-refractivity contribution in [3.05, 3.63) is 58.2 Å². The SMILES string of the molecule is Cc1cc(C(=O)Nc2nc(N)c(C(=N)c3ccccc3)s2)n(C)n1. The Kier molecular flexibility index (Phi) is 4.13. The van der Waals surface area contributed by atoms with E-state index in [1.807, 2.05) is 37.3 Å². The fourth-order valence-corrected chi connectivity index (χ4v) is 3.14. The molecule has 0 radical (unpaired) electrons. The van der Waals surface area contributed by atoms with Crippen LogP contribution in [0.3, 0.4) is 0 Å². The topological polar surface area (TPSA) is 110 Å². The van der Waals surface area contributed by atoms with Crippen LogP contribution in [0.15, 0.2) is 36.4 Å². The lowest BCUT2D eigenvalue weighted by atomic mass is 10.1. The number of thiazole rings is 1. The molecule has 0 atom stereocenters. The molecule has 3 aromatic rings.